The summed E-state index contributed by atoms with van der Waals surface area (Å²) < 4.78 is 7.01. The predicted molar refractivity (Wildman–Crippen MR) is 102 cm³/mol. The molecule has 8 nitrogen and oxygen atoms in total. The van der Waals surface area contributed by atoms with Crippen LogP contribution in [0.3, 0.4) is 0 Å². The second kappa shape index (κ2) is 9.09. The highest BCUT2D eigenvalue weighted by Gasteiger charge is 2.11. The summed E-state index contributed by atoms with van der Waals surface area (Å²) in [6.07, 6.45) is 4.06. The molecule has 0 aliphatic carbocycles. The van der Waals surface area contributed by atoms with Crippen LogP contribution in [0.15, 0.2) is 42.9 Å². The highest BCUT2D eigenvalue weighted by atomic mass is 16.5. The van der Waals surface area contributed by atoms with Crippen molar-refractivity contribution < 1.29 is 9.53 Å². The molecule has 0 radical (unpaired) electrons. The summed E-state index contributed by atoms with van der Waals surface area (Å²) in [6.45, 7) is 2.30. The molecule has 1 aromatic carbocycles. The first-order valence-electron chi connectivity index (χ1n) is 8.86. The zero-order chi connectivity index (χ0) is 19.1. The first-order valence-corrected chi connectivity index (χ1v) is 8.86. The summed E-state index contributed by atoms with van der Waals surface area (Å²) in [4.78, 5) is 18.4. The van der Waals surface area contributed by atoms with Gasteiger partial charge in [0.25, 0.3) is 0 Å². The maximum atomic E-state index is 12.4. The number of hydrogen-bond acceptors (Lipinski definition) is 5. The Morgan fingerprint density at radius 2 is 2.15 bits per heavy atom. The second-order valence-electron chi connectivity index (χ2n) is 6.26. The molecular formula is C19H24N6O2. The summed E-state index contributed by atoms with van der Waals surface area (Å²) in [7, 11) is 3.44. The van der Waals surface area contributed by atoms with Crippen molar-refractivity contribution in [3.63, 3.8) is 0 Å². The topological polar surface area (TPSA) is 85.2 Å². The number of ether oxygens (including phenoxy) is 1. The van der Waals surface area contributed by atoms with Crippen molar-refractivity contribution >= 4 is 16.9 Å². The minimum atomic E-state index is -0.126. The van der Waals surface area contributed by atoms with Crippen molar-refractivity contribution in [2.45, 2.75) is 19.5 Å². The van der Waals surface area contributed by atoms with Crippen LogP contribution in [-0.4, -0.2) is 58.0 Å². The summed E-state index contributed by atoms with van der Waals surface area (Å²) in [5, 5.41) is 12.0. The van der Waals surface area contributed by atoms with Gasteiger partial charge in [-0.05, 0) is 17.7 Å². The number of fused-ring (bicyclic) bond motifs is 1. The van der Waals surface area contributed by atoms with E-state index in [4.69, 9.17) is 4.74 Å². The van der Waals surface area contributed by atoms with Crippen LogP contribution in [0.4, 0.5) is 4.79 Å². The minimum Gasteiger partial charge on any atom is -0.383 e. The number of carbonyl (C=O) groups is 1. The molecular weight excluding hydrogens is 344 g/mol. The van der Waals surface area contributed by atoms with Crippen LogP contribution < -0.4 is 5.32 Å². The van der Waals surface area contributed by atoms with Crippen LogP contribution >= 0.6 is 0 Å². The Bertz CT molecular complexity index is 889. The lowest BCUT2D eigenvalue weighted by Gasteiger charge is -2.19. The SMILES string of the molecule is COCCn1cnnc1CCNC(=O)N(C)Cc1ccnc2ccccc12. The van der Waals surface area contributed by atoms with E-state index in [2.05, 4.69) is 20.5 Å². The van der Waals surface area contributed by atoms with E-state index in [1.165, 1.54) is 0 Å². The van der Waals surface area contributed by atoms with Gasteiger partial charge in [-0.2, -0.15) is 0 Å². The third kappa shape index (κ3) is 4.79. The van der Waals surface area contributed by atoms with Crippen LogP contribution in [0, 0.1) is 0 Å². The van der Waals surface area contributed by atoms with Crippen molar-refractivity contribution in [3.8, 4) is 0 Å². The van der Waals surface area contributed by atoms with Gasteiger partial charge in [0.1, 0.15) is 12.2 Å². The molecule has 0 bridgehead atoms. The molecule has 0 unspecified atom stereocenters. The number of amides is 2. The average Bonchev–Trinajstić information content (AvgIpc) is 3.13. The van der Waals surface area contributed by atoms with Crippen molar-refractivity contribution in [2.75, 3.05) is 27.3 Å². The number of rotatable bonds is 8. The maximum absolute atomic E-state index is 12.4. The van der Waals surface area contributed by atoms with Gasteiger partial charge in [-0.3, -0.25) is 4.98 Å². The number of para-hydroxylation sites is 1. The minimum absolute atomic E-state index is 0.126. The molecule has 142 valence electrons. The fourth-order valence-corrected chi connectivity index (χ4v) is 2.89. The molecule has 0 aliphatic rings. The number of pyridine rings is 1. The van der Waals surface area contributed by atoms with Gasteiger partial charge in [0, 0.05) is 51.8 Å². The highest BCUT2D eigenvalue weighted by Crippen LogP contribution is 2.17. The predicted octanol–water partition coefficient (Wildman–Crippen LogP) is 1.86. The molecule has 1 N–H and O–H groups in total. The number of hydrogen-bond donors (Lipinski definition) is 1. The molecule has 2 heterocycles. The first kappa shape index (κ1) is 18.8. The molecule has 27 heavy (non-hydrogen) atoms. The number of urea groups is 1. The monoisotopic (exact) mass is 368 g/mol. The number of benzene rings is 1. The number of methoxy groups -OCH3 is 1. The lowest BCUT2D eigenvalue weighted by Crippen LogP contribution is -2.38. The Balaban J connectivity index is 1.53. The molecule has 0 saturated heterocycles. The van der Waals surface area contributed by atoms with Crippen LogP contribution in [0.25, 0.3) is 10.9 Å². The summed E-state index contributed by atoms with van der Waals surface area (Å²) in [5.41, 5.74) is 2.00. The standard InChI is InChI=1S/C19H24N6O2/c1-24(13-15-7-9-20-17-6-4-3-5-16(15)17)19(26)21-10-8-18-23-22-14-25(18)11-12-27-2/h3-7,9,14H,8,10-13H2,1-2H3,(H,21,26). The highest BCUT2D eigenvalue weighted by molar-refractivity contribution is 5.82. The van der Waals surface area contributed by atoms with Crippen LogP contribution in [0.2, 0.25) is 0 Å². The van der Waals surface area contributed by atoms with Gasteiger partial charge in [-0.1, -0.05) is 18.2 Å². The van der Waals surface area contributed by atoms with Crippen molar-refractivity contribution in [1.29, 1.82) is 0 Å². The smallest absolute Gasteiger partial charge is 0.317 e. The summed E-state index contributed by atoms with van der Waals surface area (Å²) >= 11 is 0. The second-order valence-corrected chi connectivity index (χ2v) is 6.26. The Morgan fingerprint density at radius 1 is 1.30 bits per heavy atom. The van der Waals surface area contributed by atoms with E-state index in [0.29, 0.717) is 32.7 Å². The van der Waals surface area contributed by atoms with E-state index >= 15 is 0 Å². The summed E-state index contributed by atoms with van der Waals surface area (Å²) in [6, 6.07) is 9.76. The van der Waals surface area contributed by atoms with Crippen molar-refractivity contribution in [3.05, 3.63) is 54.2 Å². The number of nitrogens with zero attached hydrogens (tertiary/aromatic N) is 5. The number of nitrogens with one attached hydrogen (secondary N) is 1. The quantitative estimate of drug-likeness (QED) is 0.656. The molecule has 2 aromatic heterocycles. The molecule has 8 heteroatoms. The van der Waals surface area contributed by atoms with Gasteiger partial charge in [-0.25, -0.2) is 4.79 Å². The molecule has 0 aliphatic heterocycles. The van der Waals surface area contributed by atoms with E-state index in [-0.39, 0.29) is 6.03 Å². The Labute approximate surface area is 158 Å². The van der Waals surface area contributed by atoms with E-state index in [1.54, 1.807) is 31.6 Å². The van der Waals surface area contributed by atoms with E-state index in [0.717, 1.165) is 22.3 Å². The van der Waals surface area contributed by atoms with Crippen LogP contribution in [0.1, 0.15) is 11.4 Å². The zero-order valence-electron chi connectivity index (χ0n) is 15.6. The van der Waals surface area contributed by atoms with Gasteiger partial charge in [-0.15, -0.1) is 10.2 Å². The van der Waals surface area contributed by atoms with Gasteiger partial charge in [0.05, 0.1) is 12.1 Å². The molecule has 3 aromatic rings. The molecule has 0 fully saturated rings. The van der Waals surface area contributed by atoms with Gasteiger partial charge in [0.2, 0.25) is 0 Å². The average molecular weight is 368 g/mol. The Hall–Kier alpha value is -3.00. The maximum Gasteiger partial charge on any atom is 0.317 e. The number of aromatic nitrogens is 4. The third-order valence-electron chi connectivity index (χ3n) is 4.35. The van der Waals surface area contributed by atoms with E-state index in [9.17, 15) is 4.79 Å². The molecule has 2 amide bonds. The summed E-state index contributed by atoms with van der Waals surface area (Å²) in [5.74, 6) is 0.829. The molecule has 3 rings (SSSR count). The molecule has 0 saturated carbocycles. The zero-order valence-corrected chi connectivity index (χ0v) is 15.6. The molecule has 0 spiro atoms. The fourth-order valence-electron chi connectivity index (χ4n) is 2.89. The van der Waals surface area contributed by atoms with E-state index in [1.807, 2.05) is 34.9 Å². The van der Waals surface area contributed by atoms with Crippen molar-refractivity contribution in [1.82, 2.24) is 30.0 Å². The molecule has 0 atom stereocenters. The normalized spacial score (nSPS) is 10.9. The Morgan fingerprint density at radius 3 is 3.00 bits per heavy atom. The largest absolute Gasteiger partial charge is 0.383 e. The van der Waals surface area contributed by atoms with E-state index < -0.39 is 0 Å². The lowest BCUT2D eigenvalue weighted by atomic mass is 10.1. The van der Waals surface area contributed by atoms with Gasteiger partial charge >= 0.3 is 6.03 Å². The Kier molecular flexibility index (Phi) is 6.32. The van der Waals surface area contributed by atoms with Crippen molar-refractivity contribution in [2.24, 2.45) is 0 Å². The fraction of sp³-hybridized carbons (Fsp3) is 0.368. The van der Waals surface area contributed by atoms with Crippen LogP contribution in [0.5, 0.6) is 0 Å². The van der Waals surface area contributed by atoms with Gasteiger partial charge < -0.3 is 19.5 Å². The lowest BCUT2D eigenvalue weighted by molar-refractivity contribution is 0.186. The van der Waals surface area contributed by atoms with Crippen LogP contribution in [-0.2, 0) is 24.2 Å². The number of carbonyl (C=O) groups excluding carboxylic acids is 1. The third-order valence-corrected chi connectivity index (χ3v) is 4.35. The van der Waals surface area contributed by atoms with Gasteiger partial charge in [0.15, 0.2) is 0 Å². The first-order chi connectivity index (χ1) is 13.2.